The van der Waals surface area contributed by atoms with E-state index in [4.69, 9.17) is 10.7 Å². The lowest BCUT2D eigenvalue weighted by Crippen LogP contribution is -2.49. The van der Waals surface area contributed by atoms with E-state index in [0.29, 0.717) is 5.96 Å². The molecule has 140 valence electrons. The third-order valence-electron chi connectivity index (χ3n) is 5.52. The summed E-state index contributed by atoms with van der Waals surface area (Å²) in [6, 6.07) is 15.7. The number of nitrogens with two attached hydrogens (primary N) is 1. The highest BCUT2D eigenvalue weighted by molar-refractivity contribution is 9.10. The molecule has 1 heterocycles. The molecule has 2 aliphatic rings. The van der Waals surface area contributed by atoms with E-state index < -0.39 is 5.54 Å². The summed E-state index contributed by atoms with van der Waals surface area (Å²) >= 11 is 6.95. The summed E-state index contributed by atoms with van der Waals surface area (Å²) in [6.45, 7) is 0. The summed E-state index contributed by atoms with van der Waals surface area (Å²) in [5.41, 5.74) is 6.89. The zero-order valence-corrected chi connectivity index (χ0v) is 18.0. The van der Waals surface area contributed by atoms with Gasteiger partial charge in [0.15, 0.2) is 11.5 Å². The minimum absolute atomic E-state index is 0.0449. The Kier molecular flexibility index (Phi) is 5.12. The lowest BCUT2D eigenvalue weighted by Gasteiger charge is -2.33. The molecule has 4 rings (SSSR count). The number of nitrogens with zero attached hydrogens (tertiary/aromatic N) is 2. The van der Waals surface area contributed by atoms with Crippen LogP contribution in [0.2, 0.25) is 0 Å². The number of hydrogen-bond acceptors (Lipinski definition) is 3. The number of carbonyl (C=O) groups is 1. The van der Waals surface area contributed by atoms with Gasteiger partial charge in [0.25, 0.3) is 5.91 Å². The Labute approximate surface area is 176 Å². The van der Waals surface area contributed by atoms with Gasteiger partial charge in [0.2, 0.25) is 0 Å². The maximum Gasteiger partial charge on any atom is 0.266 e. The quantitative estimate of drug-likeness (QED) is 0.662. The van der Waals surface area contributed by atoms with Crippen molar-refractivity contribution in [3.8, 4) is 0 Å². The SMILES string of the molecule is NC1=NC(c2ccc(Br)cc2)(c2ccc(Br)cc2)C(=O)N1C1CCCCC1. The van der Waals surface area contributed by atoms with Gasteiger partial charge in [-0.2, -0.15) is 0 Å². The second kappa shape index (κ2) is 7.40. The van der Waals surface area contributed by atoms with Gasteiger partial charge in [-0.25, -0.2) is 4.99 Å². The monoisotopic (exact) mass is 489 g/mol. The molecule has 2 aromatic carbocycles. The Balaban J connectivity index is 1.85. The predicted octanol–water partition coefficient (Wildman–Crippen LogP) is 4.94. The van der Waals surface area contributed by atoms with Crippen molar-refractivity contribution in [2.75, 3.05) is 0 Å². The highest BCUT2D eigenvalue weighted by Crippen LogP contribution is 2.42. The first-order valence-corrected chi connectivity index (χ1v) is 10.8. The first-order chi connectivity index (χ1) is 13.0. The van der Waals surface area contributed by atoms with Gasteiger partial charge in [-0.15, -0.1) is 0 Å². The van der Waals surface area contributed by atoms with Crippen molar-refractivity contribution in [1.29, 1.82) is 0 Å². The smallest absolute Gasteiger partial charge is 0.266 e. The van der Waals surface area contributed by atoms with Crippen LogP contribution in [0.15, 0.2) is 62.5 Å². The summed E-state index contributed by atoms with van der Waals surface area (Å²) in [4.78, 5) is 20.4. The number of benzene rings is 2. The van der Waals surface area contributed by atoms with Crippen LogP contribution < -0.4 is 5.73 Å². The zero-order chi connectivity index (χ0) is 19.0. The van der Waals surface area contributed by atoms with Crippen LogP contribution in [0.25, 0.3) is 0 Å². The number of halogens is 2. The van der Waals surface area contributed by atoms with E-state index in [2.05, 4.69) is 31.9 Å². The van der Waals surface area contributed by atoms with Crippen molar-refractivity contribution >= 4 is 43.7 Å². The fourth-order valence-corrected chi connectivity index (χ4v) is 4.70. The molecule has 1 amide bonds. The number of amides is 1. The fourth-order valence-electron chi connectivity index (χ4n) is 4.17. The molecule has 1 aliphatic carbocycles. The van der Waals surface area contributed by atoms with E-state index in [1.807, 2.05) is 48.5 Å². The number of guanidine groups is 1. The highest BCUT2D eigenvalue weighted by Gasteiger charge is 2.52. The van der Waals surface area contributed by atoms with Crippen molar-refractivity contribution in [2.45, 2.75) is 43.7 Å². The molecular formula is C21H21Br2N3O. The summed E-state index contributed by atoms with van der Waals surface area (Å²) < 4.78 is 1.92. The topological polar surface area (TPSA) is 58.7 Å². The lowest BCUT2D eigenvalue weighted by molar-refractivity contribution is -0.132. The number of aliphatic imine (C=N–C) groups is 1. The van der Waals surface area contributed by atoms with Crippen LogP contribution in [-0.4, -0.2) is 22.8 Å². The molecule has 0 spiro atoms. The van der Waals surface area contributed by atoms with E-state index in [-0.39, 0.29) is 11.9 Å². The molecule has 0 radical (unpaired) electrons. The van der Waals surface area contributed by atoms with Crippen LogP contribution in [0, 0.1) is 0 Å². The molecule has 0 atom stereocenters. The first kappa shape index (κ1) is 18.7. The molecule has 0 bridgehead atoms. The molecule has 2 aromatic rings. The van der Waals surface area contributed by atoms with Crippen molar-refractivity contribution in [2.24, 2.45) is 10.7 Å². The lowest BCUT2D eigenvalue weighted by atomic mass is 9.82. The summed E-state index contributed by atoms with van der Waals surface area (Å²) in [7, 11) is 0. The Morgan fingerprint density at radius 3 is 1.85 bits per heavy atom. The van der Waals surface area contributed by atoms with Crippen LogP contribution in [0.3, 0.4) is 0 Å². The number of rotatable bonds is 3. The van der Waals surface area contributed by atoms with Crippen molar-refractivity contribution in [1.82, 2.24) is 4.90 Å². The largest absolute Gasteiger partial charge is 0.369 e. The maximum absolute atomic E-state index is 13.8. The van der Waals surface area contributed by atoms with Gasteiger partial charge in [0.05, 0.1) is 0 Å². The van der Waals surface area contributed by atoms with E-state index >= 15 is 0 Å². The summed E-state index contributed by atoms with van der Waals surface area (Å²) in [6.07, 6.45) is 5.45. The summed E-state index contributed by atoms with van der Waals surface area (Å²) in [5, 5.41) is 0. The van der Waals surface area contributed by atoms with Crippen LogP contribution in [0.5, 0.6) is 0 Å². The van der Waals surface area contributed by atoms with Crippen molar-refractivity contribution < 1.29 is 4.79 Å². The van der Waals surface area contributed by atoms with E-state index in [1.165, 1.54) is 6.42 Å². The van der Waals surface area contributed by atoms with Gasteiger partial charge in [-0.05, 0) is 48.2 Å². The van der Waals surface area contributed by atoms with E-state index in [1.54, 1.807) is 4.90 Å². The Morgan fingerprint density at radius 2 is 1.37 bits per heavy atom. The van der Waals surface area contributed by atoms with Crippen molar-refractivity contribution in [3.05, 3.63) is 68.6 Å². The average molecular weight is 491 g/mol. The Bertz CT molecular complexity index is 826. The van der Waals surface area contributed by atoms with Gasteiger partial charge in [0.1, 0.15) is 0 Å². The highest BCUT2D eigenvalue weighted by atomic mass is 79.9. The van der Waals surface area contributed by atoms with Crippen LogP contribution in [0.1, 0.15) is 43.2 Å². The minimum atomic E-state index is -1.12. The van der Waals surface area contributed by atoms with Crippen LogP contribution >= 0.6 is 31.9 Å². The normalized spacial score (nSPS) is 20.0. The Hall–Kier alpha value is -1.66. The molecule has 0 aromatic heterocycles. The second-order valence-electron chi connectivity index (χ2n) is 7.16. The molecule has 6 heteroatoms. The minimum Gasteiger partial charge on any atom is -0.369 e. The molecule has 0 unspecified atom stereocenters. The van der Waals surface area contributed by atoms with Crippen LogP contribution in [0.4, 0.5) is 0 Å². The third kappa shape index (κ3) is 3.23. The predicted molar refractivity (Wildman–Crippen MR) is 114 cm³/mol. The number of carbonyl (C=O) groups excluding carboxylic acids is 1. The van der Waals surface area contributed by atoms with Gasteiger partial charge in [-0.3, -0.25) is 9.69 Å². The summed E-state index contributed by atoms with van der Waals surface area (Å²) in [5.74, 6) is 0.286. The standard InChI is InChI=1S/C21H21Br2N3O/c22-16-10-6-14(7-11-16)21(15-8-12-17(23)13-9-15)19(27)26(20(24)25-21)18-4-2-1-3-5-18/h6-13,18H,1-5H2,(H2,24,25). The van der Waals surface area contributed by atoms with Gasteiger partial charge in [-0.1, -0.05) is 75.4 Å². The number of hydrogen-bond donors (Lipinski definition) is 1. The van der Waals surface area contributed by atoms with E-state index in [9.17, 15) is 4.79 Å². The molecule has 2 N–H and O–H groups in total. The molecular weight excluding hydrogens is 470 g/mol. The maximum atomic E-state index is 13.8. The van der Waals surface area contributed by atoms with Gasteiger partial charge in [0, 0.05) is 15.0 Å². The second-order valence-corrected chi connectivity index (χ2v) is 8.99. The molecule has 1 fully saturated rings. The van der Waals surface area contributed by atoms with Crippen molar-refractivity contribution in [3.63, 3.8) is 0 Å². The van der Waals surface area contributed by atoms with Gasteiger partial charge < -0.3 is 5.73 Å². The van der Waals surface area contributed by atoms with E-state index in [0.717, 1.165) is 45.8 Å². The van der Waals surface area contributed by atoms with Crippen LogP contribution in [-0.2, 0) is 10.3 Å². The molecule has 1 saturated carbocycles. The zero-order valence-electron chi connectivity index (χ0n) is 14.9. The fraction of sp³-hybridized carbons (Fsp3) is 0.333. The Morgan fingerprint density at radius 1 is 0.889 bits per heavy atom. The molecule has 1 aliphatic heterocycles. The van der Waals surface area contributed by atoms with Gasteiger partial charge >= 0.3 is 0 Å². The molecule has 4 nitrogen and oxygen atoms in total. The third-order valence-corrected chi connectivity index (χ3v) is 6.58. The molecule has 0 saturated heterocycles. The average Bonchev–Trinajstić information content (AvgIpc) is 2.95. The molecule has 27 heavy (non-hydrogen) atoms. The first-order valence-electron chi connectivity index (χ1n) is 9.23.